The number of ether oxygens (including phenoxy) is 1. The first-order chi connectivity index (χ1) is 11.9. The fourth-order valence-corrected chi connectivity index (χ4v) is 3.98. The van der Waals surface area contributed by atoms with Crippen molar-refractivity contribution < 1.29 is 17.9 Å². The van der Waals surface area contributed by atoms with Crippen molar-refractivity contribution in [2.45, 2.75) is 25.2 Å². The molecule has 0 radical (unpaired) electrons. The summed E-state index contributed by atoms with van der Waals surface area (Å²) in [4.78, 5) is 16.5. The number of sulfonamides is 1. The molecule has 1 amide bonds. The fourth-order valence-electron chi connectivity index (χ4n) is 2.87. The van der Waals surface area contributed by atoms with E-state index in [2.05, 4.69) is 16.5 Å². The van der Waals surface area contributed by atoms with Crippen LogP contribution in [0.5, 0.6) is 5.75 Å². The van der Waals surface area contributed by atoms with Gasteiger partial charge in [-0.1, -0.05) is 6.92 Å². The van der Waals surface area contributed by atoms with E-state index in [0.29, 0.717) is 18.8 Å². The Hall–Kier alpha value is -1.64. The molecule has 0 saturated carbocycles. The van der Waals surface area contributed by atoms with E-state index in [0.717, 1.165) is 25.2 Å². The normalized spacial score (nSPS) is 16.0. The number of nitrogens with zero attached hydrogens (tertiary/aromatic N) is 2. The lowest BCUT2D eigenvalue weighted by Crippen LogP contribution is -2.49. The summed E-state index contributed by atoms with van der Waals surface area (Å²) in [5, 5.41) is 0. The summed E-state index contributed by atoms with van der Waals surface area (Å²) >= 11 is 0. The lowest BCUT2D eigenvalue weighted by Gasteiger charge is -2.34. The van der Waals surface area contributed by atoms with Gasteiger partial charge >= 0.3 is 0 Å². The van der Waals surface area contributed by atoms with Crippen LogP contribution in [0.2, 0.25) is 0 Å². The third-order valence-electron chi connectivity index (χ3n) is 4.48. The molecular weight excluding hydrogens is 342 g/mol. The zero-order chi connectivity index (χ0) is 18.4. The number of hydrogen-bond acceptors (Lipinski definition) is 5. The maximum absolute atomic E-state index is 12.3. The second-order valence-electron chi connectivity index (χ2n) is 6.09. The van der Waals surface area contributed by atoms with Gasteiger partial charge in [0.05, 0.1) is 12.0 Å². The molecule has 1 aromatic rings. The minimum absolute atomic E-state index is 0.00985. The predicted octanol–water partition coefficient (Wildman–Crippen LogP) is 0.836. The fraction of sp³-hybridized carbons (Fsp3) is 0.588. The summed E-state index contributed by atoms with van der Waals surface area (Å²) in [6.07, 6.45) is 0.167. The Morgan fingerprint density at radius 3 is 2.48 bits per heavy atom. The molecule has 0 spiro atoms. The largest absolute Gasteiger partial charge is 0.496 e. The molecule has 25 heavy (non-hydrogen) atoms. The standard InChI is InChI=1S/C17H27N3O4S/c1-4-19-9-11-20(12-10-19)17(21)7-8-18-25(22,23)15-5-6-16(24-3)14(2)13-15/h5-6,13,18H,4,7-12H2,1-3H3. The van der Waals surface area contributed by atoms with Crippen LogP contribution in [0.25, 0.3) is 0 Å². The first kappa shape index (κ1) is 19.7. The number of carbonyl (C=O) groups is 1. The number of aryl methyl sites for hydroxylation is 1. The van der Waals surface area contributed by atoms with E-state index >= 15 is 0 Å². The molecule has 1 aromatic carbocycles. The lowest BCUT2D eigenvalue weighted by atomic mass is 10.2. The van der Waals surface area contributed by atoms with Gasteiger partial charge in [0.2, 0.25) is 15.9 Å². The maximum Gasteiger partial charge on any atom is 0.240 e. The minimum atomic E-state index is -3.63. The Balaban J connectivity index is 1.86. The molecule has 1 fully saturated rings. The highest BCUT2D eigenvalue weighted by Gasteiger charge is 2.21. The topological polar surface area (TPSA) is 79.0 Å². The molecule has 1 saturated heterocycles. The van der Waals surface area contributed by atoms with Crippen LogP contribution < -0.4 is 9.46 Å². The second-order valence-corrected chi connectivity index (χ2v) is 7.86. The third-order valence-corrected chi connectivity index (χ3v) is 5.94. The molecule has 0 unspecified atom stereocenters. The number of amides is 1. The van der Waals surface area contributed by atoms with E-state index in [4.69, 9.17) is 4.74 Å². The van der Waals surface area contributed by atoms with Gasteiger partial charge in [0.1, 0.15) is 5.75 Å². The average molecular weight is 369 g/mol. The monoisotopic (exact) mass is 369 g/mol. The van der Waals surface area contributed by atoms with E-state index in [1.54, 1.807) is 31.1 Å². The quantitative estimate of drug-likeness (QED) is 0.770. The molecule has 0 bridgehead atoms. The number of benzene rings is 1. The molecule has 7 nitrogen and oxygen atoms in total. The summed E-state index contributed by atoms with van der Waals surface area (Å²) in [6.45, 7) is 8.14. The highest BCUT2D eigenvalue weighted by molar-refractivity contribution is 7.89. The van der Waals surface area contributed by atoms with Gasteiger partial charge in [-0.25, -0.2) is 13.1 Å². The van der Waals surface area contributed by atoms with Crippen LogP contribution in [-0.2, 0) is 14.8 Å². The Labute approximate surface area is 150 Å². The SMILES string of the molecule is CCN1CCN(C(=O)CCNS(=O)(=O)c2ccc(OC)c(C)c2)CC1. The van der Waals surface area contributed by atoms with Crippen LogP contribution in [0.4, 0.5) is 0 Å². The molecule has 1 N–H and O–H groups in total. The number of nitrogens with one attached hydrogen (secondary N) is 1. The average Bonchev–Trinajstić information content (AvgIpc) is 2.61. The van der Waals surface area contributed by atoms with Crippen molar-refractivity contribution in [1.29, 1.82) is 0 Å². The van der Waals surface area contributed by atoms with E-state index in [1.165, 1.54) is 6.07 Å². The molecule has 0 aliphatic carbocycles. The molecule has 2 rings (SSSR count). The van der Waals surface area contributed by atoms with Crippen LogP contribution in [0.15, 0.2) is 23.1 Å². The van der Waals surface area contributed by atoms with Crippen molar-refractivity contribution >= 4 is 15.9 Å². The van der Waals surface area contributed by atoms with Crippen LogP contribution in [0.1, 0.15) is 18.9 Å². The number of likely N-dealkylation sites (N-methyl/N-ethyl adjacent to an activating group) is 1. The third kappa shape index (κ3) is 5.17. The van der Waals surface area contributed by atoms with Crippen molar-refractivity contribution in [1.82, 2.24) is 14.5 Å². The number of methoxy groups -OCH3 is 1. The number of piperazine rings is 1. The Morgan fingerprint density at radius 2 is 1.92 bits per heavy atom. The summed E-state index contributed by atoms with van der Waals surface area (Å²) < 4.78 is 32.3. The zero-order valence-electron chi connectivity index (χ0n) is 15.1. The Kier molecular flexibility index (Phi) is 6.80. The van der Waals surface area contributed by atoms with Crippen molar-refractivity contribution in [2.24, 2.45) is 0 Å². The van der Waals surface area contributed by atoms with Gasteiger partial charge in [-0.2, -0.15) is 0 Å². The highest BCUT2D eigenvalue weighted by atomic mass is 32.2. The molecule has 140 valence electrons. The minimum Gasteiger partial charge on any atom is -0.496 e. The van der Waals surface area contributed by atoms with Gasteiger partial charge in [0.15, 0.2) is 0 Å². The summed E-state index contributed by atoms with van der Waals surface area (Å²) in [7, 11) is -2.09. The van der Waals surface area contributed by atoms with Crippen molar-refractivity contribution in [3.8, 4) is 5.75 Å². The zero-order valence-corrected chi connectivity index (χ0v) is 15.9. The van der Waals surface area contributed by atoms with Gasteiger partial charge < -0.3 is 14.5 Å². The smallest absolute Gasteiger partial charge is 0.240 e. The molecule has 1 aliphatic heterocycles. The number of carbonyl (C=O) groups excluding carboxylic acids is 1. The molecule has 8 heteroatoms. The van der Waals surface area contributed by atoms with Gasteiger partial charge in [-0.3, -0.25) is 4.79 Å². The number of hydrogen-bond donors (Lipinski definition) is 1. The van der Waals surface area contributed by atoms with E-state index in [1.807, 2.05) is 0 Å². The van der Waals surface area contributed by atoms with Crippen molar-refractivity contribution in [3.05, 3.63) is 23.8 Å². The Morgan fingerprint density at radius 1 is 1.24 bits per heavy atom. The number of rotatable bonds is 7. The van der Waals surface area contributed by atoms with Crippen LogP contribution >= 0.6 is 0 Å². The lowest BCUT2D eigenvalue weighted by molar-refractivity contribution is -0.132. The van der Waals surface area contributed by atoms with Crippen LogP contribution in [-0.4, -0.2) is 70.5 Å². The molecule has 0 aromatic heterocycles. The van der Waals surface area contributed by atoms with E-state index in [-0.39, 0.29) is 23.8 Å². The van der Waals surface area contributed by atoms with Crippen LogP contribution in [0.3, 0.4) is 0 Å². The highest BCUT2D eigenvalue weighted by Crippen LogP contribution is 2.21. The van der Waals surface area contributed by atoms with Gasteiger partial charge in [0, 0.05) is 39.1 Å². The maximum atomic E-state index is 12.3. The molecule has 1 aliphatic rings. The van der Waals surface area contributed by atoms with Gasteiger partial charge in [0.25, 0.3) is 0 Å². The Bertz CT molecular complexity index is 698. The van der Waals surface area contributed by atoms with E-state index < -0.39 is 10.0 Å². The first-order valence-corrected chi connectivity index (χ1v) is 10.00. The van der Waals surface area contributed by atoms with Gasteiger partial charge in [-0.05, 0) is 37.2 Å². The first-order valence-electron chi connectivity index (χ1n) is 8.52. The van der Waals surface area contributed by atoms with Gasteiger partial charge in [-0.15, -0.1) is 0 Å². The molecule has 1 heterocycles. The second kappa shape index (κ2) is 8.64. The molecular formula is C17H27N3O4S. The van der Waals surface area contributed by atoms with Crippen LogP contribution in [0, 0.1) is 6.92 Å². The molecule has 0 atom stereocenters. The van der Waals surface area contributed by atoms with E-state index in [9.17, 15) is 13.2 Å². The predicted molar refractivity (Wildman–Crippen MR) is 96.2 cm³/mol. The summed E-state index contributed by atoms with van der Waals surface area (Å²) in [6, 6.07) is 4.69. The van der Waals surface area contributed by atoms with Crippen molar-refractivity contribution in [3.63, 3.8) is 0 Å². The van der Waals surface area contributed by atoms with Crippen molar-refractivity contribution in [2.75, 3.05) is 46.4 Å². The summed E-state index contributed by atoms with van der Waals surface area (Å²) in [5.74, 6) is 0.629. The summed E-state index contributed by atoms with van der Waals surface area (Å²) in [5.41, 5.74) is 0.746.